The first-order valence-corrected chi connectivity index (χ1v) is 1.53. The minimum atomic E-state index is 0. The van der Waals surface area contributed by atoms with E-state index >= 15 is 0 Å². The predicted molar refractivity (Wildman–Crippen MR) is 25.8 cm³/mol. The van der Waals surface area contributed by atoms with Gasteiger partial charge in [0.25, 0.3) is 0 Å². The Balaban J connectivity index is 0. The molecule has 0 aromatic heterocycles. The number of aliphatic hydroxyl groups is 1. The molecule has 0 aromatic carbocycles. The van der Waals surface area contributed by atoms with Crippen LogP contribution in [0.2, 0.25) is 0 Å². The molecule has 6 heavy (non-hydrogen) atoms. The van der Waals surface area contributed by atoms with Crippen molar-refractivity contribution < 1.29 is 5.11 Å². The molecule has 0 aliphatic heterocycles. The Bertz CT molecular complexity index is 59.7. The van der Waals surface area contributed by atoms with Crippen LogP contribution in [0.25, 0.3) is 0 Å². The second-order valence-electron chi connectivity index (χ2n) is 0.642. The summed E-state index contributed by atoms with van der Waals surface area (Å²) in [5.74, 6) is 2.42. The third kappa shape index (κ3) is 9.03. The maximum absolute atomic E-state index is 7.71. The first-order chi connectivity index (χ1) is 2.41. The molecule has 1 nitrogen and oxygen atoms in total. The number of hydrogen-bond acceptors (Lipinski definition) is 1. The van der Waals surface area contributed by atoms with Gasteiger partial charge in [0.2, 0.25) is 0 Å². The molecule has 0 heterocycles. The summed E-state index contributed by atoms with van der Waals surface area (Å²) in [5.41, 5.74) is 0. The Labute approximate surface area is 49.9 Å². The average Bonchev–Trinajstić information content (AvgIpc) is 1.41. The van der Waals surface area contributed by atoms with Gasteiger partial charge in [-0.25, -0.2) is 0 Å². The van der Waals surface area contributed by atoms with Gasteiger partial charge in [-0.2, -0.15) is 0 Å². The minimum Gasteiger partial charge on any atom is -0.462 e. The fourth-order valence-corrected chi connectivity index (χ4v) is 0.0791. The van der Waals surface area contributed by atoms with E-state index in [9.17, 15) is 0 Å². The minimum absolute atomic E-state index is 0. The van der Waals surface area contributed by atoms with E-state index in [0.717, 1.165) is 6.42 Å². The summed E-state index contributed by atoms with van der Waals surface area (Å²) < 4.78 is 0. The zero-order valence-electron chi connectivity index (χ0n) is 4.15. The van der Waals surface area contributed by atoms with Crippen LogP contribution >= 0.6 is 0 Å². The van der Waals surface area contributed by atoms with Crippen molar-refractivity contribution in [3.63, 3.8) is 0 Å². The normalized spacial score (nSPS) is 4.17. The van der Waals surface area contributed by atoms with Gasteiger partial charge in [-0.15, -0.1) is 0 Å². The SMILES string of the molecule is CCC#CO.[Li]. The molecule has 0 aliphatic carbocycles. The quantitative estimate of drug-likeness (QED) is 0.326. The van der Waals surface area contributed by atoms with E-state index in [1.54, 1.807) is 6.11 Å². The molecule has 0 rings (SSSR count). The van der Waals surface area contributed by atoms with Crippen molar-refractivity contribution >= 4 is 18.9 Å². The molecule has 0 aliphatic rings. The topological polar surface area (TPSA) is 20.2 Å². The molecule has 0 amide bonds. The van der Waals surface area contributed by atoms with E-state index in [0.29, 0.717) is 0 Å². The molecule has 0 aromatic rings. The van der Waals surface area contributed by atoms with E-state index in [4.69, 9.17) is 5.11 Å². The number of hydrogen-bond donors (Lipinski definition) is 1. The molecule has 0 bridgehead atoms. The van der Waals surface area contributed by atoms with Gasteiger partial charge in [-0.1, -0.05) is 12.8 Å². The Kier molecular flexibility index (Phi) is 13.8. The molecule has 2 heteroatoms. The zero-order chi connectivity index (χ0) is 4.12. The largest absolute Gasteiger partial charge is 0.462 e. The van der Waals surface area contributed by atoms with Crippen LogP contribution in [-0.4, -0.2) is 24.0 Å². The molecule has 1 N–H and O–H groups in total. The van der Waals surface area contributed by atoms with Gasteiger partial charge >= 0.3 is 0 Å². The smallest absolute Gasteiger partial charge is 0.107 e. The maximum atomic E-state index is 7.71. The van der Waals surface area contributed by atoms with E-state index in [1.165, 1.54) is 0 Å². The summed E-state index contributed by atoms with van der Waals surface area (Å²) in [6, 6.07) is 0. The molecule has 0 spiro atoms. The molecule has 0 fully saturated rings. The molecule has 29 valence electrons. The van der Waals surface area contributed by atoms with Gasteiger partial charge in [-0.3, -0.25) is 0 Å². The molecular formula is C4H6LiO. The van der Waals surface area contributed by atoms with Gasteiger partial charge in [0.05, 0.1) is 0 Å². The molecule has 0 atom stereocenters. The zero-order valence-corrected chi connectivity index (χ0v) is 4.15. The molecule has 0 unspecified atom stereocenters. The second kappa shape index (κ2) is 8.88. The van der Waals surface area contributed by atoms with Gasteiger partial charge < -0.3 is 5.11 Å². The van der Waals surface area contributed by atoms with E-state index in [1.807, 2.05) is 6.92 Å². The molecular weight excluding hydrogens is 71.0 g/mol. The van der Waals surface area contributed by atoms with E-state index in [-0.39, 0.29) is 18.9 Å². The Morgan fingerprint density at radius 3 is 2.17 bits per heavy atom. The fourth-order valence-electron chi connectivity index (χ4n) is 0.0791. The van der Waals surface area contributed by atoms with Gasteiger partial charge in [-0.05, 0) is 0 Å². The maximum Gasteiger partial charge on any atom is 0.107 e. The van der Waals surface area contributed by atoms with Crippen LogP contribution in [0.4, 0.5) is 0 Å². The predicted octanol–water partition coefficient (Wildman–Crippen LogP) is 0.349. The van der Waals surface area contributed by atoms with Crippen molar-refractivity contribution in [1.82, 2.24) is 0 Å². The van der Waals surface area contributed by atoms with E-state index < -0.39 is 0 Å². The van der Waals surface area contributed by atoms with Crippen molar-refractivity contribution in [2.45, 2.75) is 13.3 Å². The summed E-state index contributed by atoms with van der Waals surface area (Å²) in [5, 5.41) is 7.71. The van der Waals surface area contributed by atoms with Crippen LogP contribution in [0.15, 0.2) is 0 Å². The second-order valence-corrected chi connectivity index (χ2v) is 0.642. The van der Waals surface area contributed by atoms with Gasteiger partial charge in [0.1, 0.15) is 6.11 Å². The Hall–Kier alpha value is -0.0426. The number of rotatable bonds is 0. The first kappa shape index (κ1) is 9.35. The summed E-state index contributed by atoms with van der Waals surface area (Å²) in [6.07, 6.45) is 2.50. The van der Waals surface area contributed by atoms with Crippen LogP contribution in [0.1, 0.15) is 13.3 Å². The van der Waals surface area contributed by atoms with Crippen molar-refractivity contribution in [1.29, 1.82) is 0 Å². The molecule has 0 saturated heterocycles. The molecule has 0 saturated carbocycles. The van der Waals surface area contributed by atoms with Crippen molar-refractivity contribution in [3.05, 3.63) is 0 Å². The van der Waals surface area contributed by atoms with Gasteiger partial charge in [0.15, 0.2) is 0 Å². The van der Waals surface area contributed by atoms with Gasteiger partial charge in [0, 0.05) is 25.3 Å². The van der Waals surface area contributed by atoms with Crippen molar-refractivity contribution in [2.24, 2.45) is 0 Å². The van der Waals surface area contributed by atoms with E-state index in [2.05, 4.69) is 5.92 Å². The fraction of sp³-hybridized carbons (Fsp3) is 0.500. The summed E-state index contributed by atoms with van der Waals surface area (Å²) >= 11 is 0. The standard InChI is InChI=1S/C4H6O.Li/c1-2-3-4-5;/h5H,2H2,1H3;. The summed E-state index contributed by atoms with van der Waals surface area (Å²) in [6.45, 7) is 1.88. The van der Waals surface area contributed by atoms with Crippen LogP contribution in [-0.2, 0) is 0 Å². The van der Waals surface area contributed by atoms with Crippen LogP contribution in [0.5, 0.6) is 0 Å². The van der Waals surface area contributed by atoms with Crippen LogP contribution in [0.3, 0.4) is 0 Å². The Morgan fingerprint density at radius 1 is 1.67 bits per heavy atom. The van der Waals surface area contributed by atoms with Crippen LogP contribution in [0, 0.1) is 12.0 Å². The first-order valence-electron chi connectivity index (χ1n) is 1.53. The molecule has 1 radical (unpaired) electrons. The third-order valence-corrected chi connectivity index (χ3v) is 0.256. The monoisotopic (exact) mass is 77.1 g/mol. The summed E-state index contributed by atoms with van der Waals surface area (Å²) in [7, 11) is 0. The van der Waals surface area contributed by atoms with Crippen molar-refractivity contribution in [3.8, 4) is 12.0 Å². The average molecular weight is 77.0 g/mol. The number of aliphatic hydroxyl groups excluding tert-OH is 1. The van der Waals surface area contributed by atoms with Crippen LogP contribution < -0.4 is 0 Å². The van der Waals surface area contributed by atoms with Crippen molar-refractivity contribution in [2.75, 3.05) is 0 Å². The summed E-state index contributed by atoms with van der Waals surface area (Å²) in [4.78, 5) is 0. The Morgan fingerprint density at radius 2 is 2.17 bits per heavy atom. The third-order valence-electron chi connectivity index (χ3n) is 0.256.